The standard InChI is InChI=1S/C26H24N2O8/c1-36-10-12-8-14(16-4-2-3-5-28-16)15-7-11-6-13-9-17(29)20(25(27)34)24(33)26(13,35)23(32)18(11)22(31)19(15)21(12)30/h2-5,8,11,13,30-31,33,35H,6-7,9-10H2,1H3,(H2,27,34)/t11-,13+,26+/m1/s1. The summed E-state index contributed by atoms with van der Waals surface area (Å²) in [6.45, 7) is 0.0125. The molecule has 1 fully saturated rings. The molecule has 10 heteroatoms. The molecule has 1 aromatic carbocycles. The number of fused-ring (bicyclic) bond motifs is 3. The summed E-state index contributed by atoms with van der Waals surface area (Å²) in [5.41, 5.74) is 3.74. The number of hydrogen-bond donors (Lipinski definition) is 5. The number of aromatic hydroxyl groups is 1. The van der Waals surface area contributed by atoms with Crippen molar-refractivity contribution in [1.29, 1.82) is 0 Å². The van der Waals surface area contributed by atoms with Crippen LogP contribution in [0.25, 0.3) is 17.0 Å². The highest BCUT2D eigenvalue weighted by Gasteiger charge is 2.60. The highest BCUT2D eigenvalue weighted by molar-refractivity contribution is 6.22. The summed E-state index contributed by atoms with van der Waals surface area (Å²) >= 11 is 0. The van der Waals surface area contributed by atoms with Crippen LogP contribution in [0.5, 0.6) is 5.75 Å². The number of primary amides is 1. The number of hydrogen-bond acceptors (Lipinski definition) is 9. The highest BCUT2D eigenvalue weighted by Crippen LogP contribution is 2.53. The number of rotatable bonds is 4. The largest absolute Gasteiger partial charge is 0.508 e. The third-order valence-electron chi connectivity index (χ3n) is 7.38. The number of amides is 1. The first-order valence-electron chi connectivity index (χ1n) is 11.4. The van der Waals surface area contributed by atoms with Crippen molar-refractivity contribution in [3.8, 4) is 17.0 Å². The fourth-order valence-electron chi connectivity index (χ4n) is 5.76. The third-order valence-corrected chi connectivity index (χ3v) is 7.38. The number of phenolic OH excluding ortho intramolecular Hbond substituents is 1. The van der Waals surface area contributed by atoms with Crippen LogP contribution in [0.2, 0.25) is 0 Å². The van der Waals surface area contributed by atoms with Crippen molar-refractivity contribution in [2.75, 3.05) is 7.11 Å². The van der Waals surface area contributed by atoms with Crippen molar-refractivity contribution in [2.24, 2.45) is 17.6 Å². The lowest BCUT2D eigenvalue weighted by molar-refractivity contribution is -0.147. The summed E-state index contributed by atoms with van der Waals surface area (Å²) in [5, 5.41) is 44.4. The molecule has 36 heavy (non-hydrogen) atoms. The minimum Gasteiger partial charge on any atom is -0.508 e. The van der Waals surface area contributed by atoms with E-state index in [4.69, 9.17) is 10.5 Å². The Morgan fingerprint density at radius 1 is 1.22 bits per heavy atom. The number of ketones is 2. The van der Waals surface area contributed by atoms with Gasteiger partial charge in [0.15, 0.2) is 11.4 Å². The van der Waals surface area contributed by atoms with Crippen LogP contribution in [0.1, 0.15) is 29.5 Å². The van der Waals surface area contributed by atoms with Crippen molar-refractivity contribution in [2.45, 2.75) is 31.5 Å². The van der Waals surface area contributed by atoms with Gasteiger partial charge < -0.3 is 30.9 Å². The van der Waals surface area contributed by atoms with Gasteiger partial charge in [-0.25, -0.2) is 0 Å². The molecule has 0 bridgehead atoms. The zero-order valence-electron chi connectivity index (χ0n) is 19.3. The van der Waals surface area contributed by atoms with E-state index in [0.29, 0.717) is 22.4 Å². The van der Waals surface area contributed by atoms with E-state index in [0.717, 1.165) is 0 Å². The van der Waals surface area contributed by atoms with E-state index in [1.165, 1.54) is 7.11 Å². The Labute approximate surface area is 205 Å². The monoisotopic (exact) mass is 492 g/mol. The van der Waals surface area contributed by atoms with Gasteiger partial charge in [0.1, 0.15) is 22.8 Å². The lowest BCUT2D eigenvalue weighted by atomic mass is 9.59. The number of aromatic nitrogens is 1. The van der Waals surface area contributed by atoms with E-state index < -0.39 is 52.0 Å². The molecule has 1 heterocycles. The molecule has 186 valence electrons. The maximum Gasteiger partial charge on any atom is 0.255 e. The smallest absolute Gasteiger partial charge is 0.255 e. The molecule has 0 saturated heterocycles. The van der Waals surface area contributed by atoms with Crippen LogP contribution >= 0.6 is 0 Å². The number of Topliss-reactive ketones (excluding diaryl/α,β-unsaturated/α-hetero) is 2. The molecule has 0 radical (unpaired) electrons. The minimum absolute atomic E-state index is 0.0114. The summed E-state index contributed by atoms with van der Waals surface area (Å²) in [4.78, 5) is 42.3. The predicted molar refractivity (Wildman–Crippen MR) is 125 cm³/mol. The number of benzene rings is 1. The van der Waals surface area contributed by atoms with E-state index in [-0.39, 0.29) is 42.8 Å². The van der Waals surface area contributed by atoms with Gasteiger partial charge in [0.2, 0.25) is 5.78 Å². The SMILES string of the molecule is COCc1cc(-c2ccccn2)c2c(c1O)C(O)=C1C(=O)[C@]3(O)C(O)=C(C(N)=O)C(=O)C[C@@H]3C[C@@H]1C2. The van der Waals surface area contributed by atoms with E-state index >= 15 is 0 Å². The molecule has 0 spiro atoms. The van der Waals surface area contributed by atoms with Gasteiger partial charge in [-0.2, -0.15) is 0 Å². The molecular weight excluding hydrogens is 468 g/mol. The average molecular weight is 492 g/mol. The molecule has 3 aliphatic carbocycles. The minimum atomic E-state index is -2.60. The zero-order valence-corrected chi connectivity index (χ0v) is 19.3. The van der Waals surface area contributed by atoms with Crippen molar-refractivity contribution in [1.82, 2.24) is 4.98 Å². The Kier molecular flexibility index (Phi) is 5.46. The summed E-state index contributed by atoms with van der Waals surface area (Å²) in [7, 11) is 1.45. The molecule has 6 N–H and O–H groups in total. The lowest BCUT2D eigenvalue weighted by Gasteiger charge is -2.46. The van der Waals surface area contributed by atoms with Crippen LogP contribution in [-0.4, -0.2) is 55.6 Å². The Balaban J connectivity index is 1.75. The van der Waals surface area contributed by atoms with Crippen LogP contribution in [0, 0.1) is 11.8 Å². The fraction of sp³-hybridized carbons (Fsp3) is 0.308. The third kappa shape index (κ3) is 3.18. The lowest BCUT2D eigenvalue weighted by Crippen LogP contribution is -2.58. The van der Waals surface area contributed by atoms with Gasteiger partial charge in [-0.15, -0.1) is 0 Å². The highest BCUT2D eigenvalue weighted by atomic mass is 16.5. The number of ether oxygens (including phenoxy) is 1. The van der Waals surface area contributed by atoms with Crippen LogP contribution < -0.4 is 5.73 Å². The van der Waals surface area contributed by atoms with Crippen molar-refractivity contribution >= 4 is 23.2 Å². The summed E-state index contributed by atoms with van der Waals surface area (Å²) in [5.74, 6) is -6.63. The number of pyridine rings is 1. The Bertz CT molecular complexity index is 1390. The van der Waals surface area contributed by atoms with E-state index in [9.17, 15) is 34.8 Å². The Morgan fingerprint density at radius 2 is 1.97 bits per heavy atom. The first kappa shape index (κ1) is 23.7. The van der Waals surface area contributed by atoms with Crippen LogP contribution in [0.4, 0.5) is 0 Å². The number of methoxy groups -OCH3 is 1. The average Bonchev–Trinajstić information content (AvgIpc) is 2.83. The molecule has 5 rings (SSSR count). The van der Waals surface area contributed by atoms with Gasteiger partial charge in [0.05, 0.1) is 17.9 Å². The summed E-state index contributed by atoms with van der Waals surface area (Å²) in [6, 6.07) is 7.04. The number of aliphatic hydroxyl groups is 3. The Morgan fingerprint density at radius 3 is 2.61 bits per heavy atom. The summed E-state index contributed by atoms with van der Waals surface area (Å²) < 4.78 is 5.20. The molecule has 0 unspecified atom stereocenters. The predicted octanol–water partition coefficient (Wildman–Crippen LogP) is 1.63. The quantitative estimate of drug-likeness (QED) is 0.396. The van der Waals surface area contributed by atoms with Gasteiger partial charge in [-0.05, 0) is 42.5 Å². The van der Waals surface area contributed by atoms with Gasteiger partial charge in [-0.3, -0.25) is 19.4 Å². The molecule has 1 aromatic heterocycles. The van der Waals surface area contributed by atoms with Crippen LogP contribution in [-0.2, 0) is 32.1 Å². The topological polar surface area (TPSA) is 180 Å². The number of carbonyl (C=O) groups excluding carboxylic acids is 3. The molecule has 1 amide bonds. The van der Waals surface area contributed by atoms with Gasteiger partial charge in [-0.1, -0.05) is 6.07 Å². The Hall–Kier alpha value is -4.02. The second kappa shape index (κ2) is 8.28. The second-order valence-electron chi connectivity index (χ2n) is 9.34. The number of nitrogens with two attached hydrogens (primary N) is 1. The van der Waals surface area contributed by atoms with Gasteiger partial charge in [0.25, 0.3) is 5.91 Å². The van der Waals surface area contributed by atoms with E-state index in [2.05, 4.69) is 4.98 Å². The summed E-state index contributed by atoms with van der Waals surface area (Å²) in [6.07, 6.45) is 1.50. The molecule has 1 saturated carbocycles. The van der Waals surface area contributed by atoms with Crippen molar-refractivity contribution in [3.05, 3.63) is 64.1 Å². The fourth-order valence-corrected chi connectivity index (χ4v) is 5.76. The number of carbonyl (C=O) groups is 3. The van der Waals surface area contributed by atoms with E-state index in [1.54, 1.807) is 30.5 Å². The molecule has 10 nitrogen and oxygen atoms in total. The number of nitrogens with zero attached hydrogens (tertiary/aromatic N) is 1. The molecular formula is C26H24N2O8. The van der Waals surface area contributed by atoms with Crippen molar-refractivity contribution in [3.63, 3.8) is 0 Å². The molecule has 3 aliphatic rings. The maximum atomic E-state index is 13.7. The zero-order chi connectivity index (χ0) is 25.9. The van der Waals surface area contributed by atoms with Gasteiger partial charge >= 0.3 is 0 Å². The number of aliphatic hydroxyl groups excluding tert-OH is 2. The molecule has 2 aromatic rings. The first-order chi connectivity index (χ1) is 17.1. The molecule has 0 aliphatic heterocycles. The first-order valence-corrected chi connectivity index (χ1v) is 11.4. The second-order valence-corrected chi connectivity index (χ2v) is 9.34. The van der Waals surface area contributed by atoms with Crippen LogP contribution in [0.3, 0.4) is 0 Å². The number of phenols is 1. The van der Waals surface area contributed by atoms with E-state index in [1.807, 2.05) is 0 Å². The maximum absolute atomic E-state index is 13.7. The normalized spacial score (nSPS) is 25.4. The van der Waals surface area contributed by atoms with Gasteiger partial charge in [0, 0.05) is 42.3 Å². The van der Waals surface area contributed by atoms with Crippen molar-refractivity contribution < 1.29 is 39.5 Å². The molecule has 3 atom stereocenters. The van der Waals surface area contributed by atoms with Crippen LogP contribution in [0.15, 0.2) is 47.4 Å².